The minimum Gasteiger partial charge on any atom is -0.383 e. The third-order valence-corrected chi connectivity index (χ3v) is 2.22. The van der Waals surface area contributed by atoms with Crippen molar-refractivity contribution in [1.29, 1.82) is 0 Å². The van der Waals surface area contributed by atoms with E-state index in [-0.39, 0.29) is 17.6 Å². The molecule has 1 atom stereocenters. The normalized spacial score (nSPS) is 12.8. The van der Waals surface area contributed by atoms with Gasteiger partial charge in [-0.15, -0.1) is 0 Å². The third-order valence-electron chi connectivity index (χ3n) is 2.22. The number of ether oxygens (including phenoxy) is 1. The molecule has 1 aromatic heterocycles. The van der Waals surface area contributed by atoms with Gasteiger partial charge in [0, 0.05) is 31.6 Å². The van der Waals surface area contributed by atoms with Gasteiger partial charge in [0.15, 0.2) is 5.82 Å². The van der Waals surface area contributed by atoms with Crippen molar-refractivity contribution < 1.29 is 4.74 Å². The molecule has 1 heterocycles. The van der Waals surface area contributed by atoms with Crippen LogP contribution in [0.4, 0.5) is 5.82 Å². The largest absolute Gasteiger partial charge is 0.383 e. The molecule has 90 valence electrons. The predicted molar refractivity (Wildman–Crippen MR) is 63.8 cm³/mol. The highest BCUT2D eigenvalue weighted by Gasteiger charge is 2.09. The SMILES string of the molecule is COCC(C)Nc1nccn(C(C)C)c1=O. The van der Waals surface area contributed by atoms with Crippen LogP contribution in [0.25, 0.3) is 0 Å². The minimum absolute atomic E-state index is 0.0632. The van der Waals surface area contributed by atoms with E-state index < -0.39 is 0 Å². The van der Waals surface area contributed by atoms with Gasteiger partial charge in [-0.3, -0.25) is 4.79 Å². The molecule has 5 nitrogen and oxygen atoms in total. The maximum Gasteiger partial charge on any atom is 0.293 e. The van der Waals surface area contributed by atoms with Crippen LogP contribution in [0.2, 0.25) is 0 Å². The molecule has 0 amide bonds. The van der Waals surface area contributed by atoms with Crippen molar-refractivity contribution in [2.75, 3.05) is 19.0 Å². The summed E-state index contributed by atoms with van der Waals surface area (Å²) >= 11 is 0. The summed E-state index contributed by atoms with van der Waals surface area (Å²) in [4.78, 5) is 16.0. The Morgan fingerprint density at radius 2 is 2.19 bits per heavy atom. The van der Waals surface area contributed by atoms with E-state index in [0.717, 1.165) is 0 Å². The van der Waals surface area contributed by atoms with Crippen LogP contribution in [0.3, 0.4) is 0 Å². The van der Waals surface area contributed by atoms with Gasteiger partial charge in [-0.2, -0.15) is 0 Å². The Bertz CT molecular complexity index is 387. The molecule has 16 heavy (non-hydrogen) atoms. The molecule has 0 aliphatic carbocycles. The summed E-state index contributed by atoms with van der Waals surface area (Å²) in [6.07, 6.45) is 3.32. The first kappa shape index (κ1) is 12.7. The van der Waals surface area contributed by atoms with Crippen LogP contribution in [0.1, 0.15) is 26.8 Å². The summed E-state index contributed by atoms with van der Waals surface area (Å²) in [6, 6.07) is 0.196. The third kappa shape index (κ3) is 3.06. The molecule has 1 rings (SSSR count). The average Bonchev–Trinajstić information content (AvgIpc) is 2.21. The molecule has 0 spiro atoms. The summed E-state index contributed by atoms with van der Waals surface area (Å²) in [6.45, 7) is 6.41. The fraction of sp³-hybridized carbons (Fsp3) is 0.636. The van der Waals surface area contributed by atoms with E-state index in [1.54, 1.807) is 24.1 Å². The molecule has 1 N–H and O–H groups in total. The minimum atomic E-state index is -0.0968. The number of nitrogens with one attached hydrogen (secondary N) is 1. The molecule has 0 aliphatic rings. The van der Waals surface area contributed by atoms with E-state index in [9.17, 15) is 4.79 Å². The standard InChI is InChI=1S/C11H19N3O2/c1-8(2)14-6-5-12-10(11(14)15)13-9(3)7-16-4/h5-6,8-9H,7H2,1-4H3,(H,12,13). The molecular formula is C11H19N3O2. The average molecular weight is 225 g/mol. The van der Waals surface area contributed by atoms with Crippen LogP contribution in [0.15, 0.2) is 17.2 Å². The molecule has 0 saturated carbocycles. The van der Waals surface area contributed by atoms with Gasteiger partial charge in [0.25, 0.3) is 5.56 Å². The Kier molecular flexibility index (Phi) is 4.49. The molecule has 0 aliphatic heterocycles. The molecule has 0 aromatic carbocycles. The fourth-order valence-corrected chi connectivity index (χ4v) is 1.46. The number of rotatable bonds is 5. The Balaban J connectivity index is 2.89. The van der Waals surface area contributed by atoms with E-state index in [1.807, 2.05) is 20.8 Å². The fourth-order valence-electron chi connectivity index (χ4n) is 1.46. The number of hydrogen-bond acceptors (Lipinski definition) is 4. The van der Waals surface area contributed by atoms with Gasteiger partial charge in [-0.1, -0.05) is 0 Å². The molecular weight excluding hydrogens is 206 g/mol. The second kappa shape index (κ2) is 5.65. The zero-order chi connectivity index (χ0) is 12.1. The van der Waals surface area contributed by atoms with E-state index >= 15 is 0 Å². The van der Waals surface area contributed by atoms with Gasteiger partial charge in [0.05, 0.1) is 6.61 Å². The molecule has 0 saturated heterocycles. The highest BCUT2D eigenvalue weighted by Crippen LogP contribution is 2.02. The lowest BCUT2D eigenvalue weighted by atomic mass is 10.3. The van der Waals surface area contributed by atoms with Gasteiger partial charge in [-0.05, 0) is 20.8 Å². The first-order valence-electron chi connectivity index (χ1n) is 5.39. The molecule has 0 bridgehead atoms. The van der Waals surface area contributed by atoms with Gasteiger partial charge >= 0.3 is 0 Å². The molecule has 0 fully saturated rings. The molecule has 0 radical (unpaired) electrons. The van der Waals surface area contributed by atoms with Crippen LogP contribution in [0, 0.1) is 0 Å². The lowest BCUT2D eigenvalue weighted by Gasteiger charge is -2.15. The van der Waals surface area contributed by atoms with E-state index in [2.05, 4.69) is 10.3 Å². The smallest absolute Gasteiger partial charge is 0.293 e. The second-order valence-electron chi connectivity index (χ2n) is 4.08. The summed E-state index contributed by atoms with van der Waals surface area (Å²) in [5.41, 5.74) is -0.0968. The lowest BCUT2D eigenvalue weighted by molar-refractivity contribution is 0.190. The first-order valence-corrected chi connectivity index (χ1v) is 5.39. The van der Waals surface area contributed by atoms with Gasteiger partial charge in [0.1, 0.15) is 0 Å². The monoisotopic (exact) mass is 225 g/mol. The molecule has 1 unspecified atom stereocenters. The molecule has 5 heteroatoms. The van der Waals surface area contributed by atoms with Gasteiger partial charge < -0.3 is 14.6 Å². The number of nitrogens with zero attached hydrogens (tertiary/aromatic N) is 2. The van der Waals surface area contributed by atoms with Crippen molar-refractivity contribution in [2.45, 2.75) is 32.9 Å². The van der Waals surface area contributed by atoms with Crippen molar-refractivity contribution in [1.82, 2.24) is 9.55 Å². The van der Waals surface area contributed by atoms with Crippen LogP contribution < -0.4 is 10.9 Å². The topological polar surface area (TPSA) is 56.1 Å². The number of methoxy groups -OCH3 is 1. The Morgan fingerprint density at radius 1 is 1.50 bits per heavy atom. The Labute approximate surface area is 95.5 Å². The van der Waals surface area contributed by atoms with E-state index in [4.69, 9.17) is 4.74 Å². The van der Waals surface area contributed by atoms with E-state index in [0.29, 0.717) is 12.4 Å². The number of anilines is 1. The first-order chi connectivity index (χ1) is 7.56. The van der Waals surface area contributed by atoms with Crippen molar-refractivity contribution >= 4 is 5.82 Å². The molecule has 1 aromatic rings. The van der Waals surface area contributed by atoms with Crippen molar-refractivity contribution in [3.05, 3.63) is 22.7 Å². The maximum atomic E-state index is 11.9. The van der Waals surface area contributed by atoms with Crippen molar-refractivity contribution in [3.63, 3.8) is 0 Å². The highest BCUT2D eigenvalue weighted by molar-refractivity contribution is 5.32. The summed E-state index contributed by atoms with van der Waals surface area (Å²) in [7, 11) is 1.63. The highest BCUT2D eigenvalue weighted by atomic mass is 16.5. The summed E-state index contributed by atoms with van der Waals surface area (Å²) in [5.74, 6) is 0.376. The summed E-state index contributed by atoms with van der Waals surface area (Å²) in [5, 5.41) is 3.04. The van der Waals surface area contributed by atoms with Gasteiger partial charge in [0.2, 0.25) is 0 Å². The Morgan fingerprint density at radius 3 is 2.75 bits per heavy atom. The van der Waals surface area contributed by atoms with Crippen LogP contribution in [-0.4, -0.2) is 29.3 Å². The zero-order valence-corrected chi connectivity index (χ0v) is 10.2. The lowest BCUT2D eigenvalue weighted by Crippen LogP contribution is -2.30. The number of hydrogen-bond donors (Lipinski definition) is 1. The van der Waals surface area contributed by atoms with Crippen molar-refractivity contribution in [3.8, 4) is 0 Å². The van der Waals surface area contributed by atoms with Crippen LogP contribution >= 0.6 is 0 Å². The maximum absolute atomic E-state index is 11.9. The van der Waals surface area contributed by atoms with Crippen LogP contribution in [0.5, 0.6) is 0 Å². The van der Waals surface area contributed by atoms with Crippen LogP contribution in [-0.2, 0) is 4.74 Å². The Hall–Kier alpha value is -1.36. The van der Waals surface area contributed by atoms with Gasteiger partial charge in [-0.25, -0.2) is 4.98 Å². The van der Waals surface area contributed by atoms with Crippen molar-refractivity contribution in [2.24, 2.45) is 0 Å². The second-order valence-corrected chi connectivity index (χ2v) is 4.08. The van der Waals surface area contributed by atoms with E-state index in [1.165, 1.54) is 0 Å². The predicted octanol–water partition coefficient (Wildman–Crippen LogP) is 1.27. The zero-order valence-electron chi connectivity index (χ0n) is 10.2. The number of aromatic nitrogens is 2. The summed E-state index contributed by atoms with van der Waals surface area (Å²) < 4.78 is 6.64. The quantitative estimate of drug-likeness (QED) is 0.820.